The van der Waals surface area contributed by atoms with Crippen molar-refractivity contribution in [3.05, 3.63) is 59.7 Å². The van der Waals surface area contributed by atoms with Gasteiger partial charge in [0.15, 0.2) is 0 Å². The summed E-state index contributed by atoms with van der Waals surface area (Å²) in [5.41, 5.74) is 1.85. The number of nitriles is 1. The summed E-state index contributed by atoms with van der Waals surface area (Å²) in [6, 6.07) is 14.9. The van der Waals surface area contributed by atoms with Crippen molar-refractivity contribution in [3.63, 3.8) is 0 Å². The van der Waals surface area contributed by atoms with Crippen molar-refractivity contribution in [1.29, 1.82) is 5.26 Å². The molecule has 0 unspecified atom stereocenters. The zero-order valence-corrected chi connectivity index (χ0v) is 14.2. The minimum absolute atomic E-state index is 0.000963. The molecule has 6 nitrogen and oxygen atoms in total. The van der Waals surface area contributed by atoms with E-state index >= 15 is 0 Å². The molecule has 2 aromatic carbocycles. The van der Waals surface area contributed by atoms with Crippen LogP contribution >= 0.6 is 0 Å². The number of nitrogens with zero attached hydrogens (tertiary/aromatic N) is 2. The SMILES string of the molecule is CCS(=O)(=O)N(C)c1ccc(C(=O)Nc2cccc(C#N)c2)cc1. The summed E-state index contributed by atoms with van der Waals surface area (Å²) < 4.78 is 24.9. The van der Waals surface area contributed by atoms with Gasteiger partial charge in [-0.1, -0.05) is 6.07 Å². The molecule has 0 saturated heterocycles. The van der Waals surface area contributed by atoms with E-state index in [1.54, 1.807) is 55.5 Å². The number of hydrogen-bond donors (Lipinski definition) is 1. The number of sulfonamides is 1. The summed E-state index contributed by atoms with van der Waals surface area (Å²) in [7, 11) is -1.86. The molecule has 2 rings (SSSR count). The number of carbonyl (C=O) groups excluding carboxylic acids is 1. The summed E-state index contributed by atoms with van der Waals surface area (Å²) in [6.45, 7) is 1.57. The maximum absolute atomic E-state index is 12.2. The van der Waals surface area contributed by atoms with Crippen LogP contribution in [0.1, 0.15) is 22.8 Å². The van der Waals surface area contributed by atoms with Crippen LogP contribution in [0.5, 0.6) is 0 Å². The van der Waals surface area contributed by atoms with Gasteiger partial charge in [-0.3, -0.25) is 9.10 Å². The second-order valence-electron chi connectivity index (χ2n) is 5.06. The number of anilines is 2. The molecule has 0 fully saturated rings. The van der Waals surface area contributed by atoms with Crippen LogP contribution in [0.4, 0.5) is 11.4 Å². The van der Waals surface area contributed by atoms with Crippen molar-refractivity contribution in [3.8, 4) is 6.07 Å². The normalized spacial score (nSPS) is 10.7. The van der Waals surface area contributed by atoms with Gasteiger partial charge in [-0.2, -0.15) is 5.26 Å². The summed E-state index contributed by atoms with van der Waals surface area (Å²) in [4.78, 5) is 12.2. The zero-order valence-electron chi connectivity index (χ0n) is 13.4. The number of amides is 1. The molecular formula is C17H17N3O3S. The summed E-state index contributed by atoms with van der Waals surface area (Å²) in [6.07, 6.45) is 0. The third-order valence-corrected chi connectivity index (χ3v) is 5.30. The summed E-state index contributed by atoms with van der Waals surface area (Å²) in [5, 5.41) is 11.6. The number of hydrogen-bond acceptors (Lipinski definition) is 4. The molecule has 0 aliphatic heterocycles. The third kappa shape index (κ3) is 3.91. The van der Waals surface area contributed by atoms with Gasteiger partial charge in [-0.25, -0.2) is 8.42 Å². The summed E-state index contributed by atoms with van der Waals surface area (Å²) in [5.74, 6) is -0.335. The van der Waals surface area contributed by atoms with E-state index in [1.807, 2.05) is 6.07 Å². The lowest BCUT2D eigenvalue weighted by Gasteiger charge is -2.18. The van der Waals surface area contributed by atoms with E-state index in [1.165, 1.54) is 11.4 Å². The molecule has 1 N–H and O–H groups in total. The van der Waals surface area contributed by atoms with Crippen LogP contribution in [0.15, 0.2) is 48.5 Å². The Morgan fingerprint density at radius 3 is 2.46 bits per heavy atom. The predicted molar refractivity (Wildman–Crippen MR) is 93.4 cm³/mol. The summed E-state index contributed by atoms with van der Waals surface area (Å²) >= 11 is 0. The van der Waals surface area contributed by atoms with Gasteiger partial charge in [0.1, 0.15) is 0 Å². The second-order valence-corrected chi connectivity index (χ2v) is 7.35. The molecule has 0 aliphatic rings. The van der Waals surface area contributed by atoms with Crippen LogP contribution in [0.2, 0.25) is 0 Å². The van der Waals surface area contributed by atoms with E-state index in [2.05, 4.69) is 5.32 Å². The highest BCUT2D eigenvalue weighted by atomic mass is 32.2. The lowest BCUT2D eigenvalue weighted by atomic mass is 10.1. The lowest BCUT2D eigenvalue weighted by Crippen LogP contribution is -2.28. The quantitative estimate of drug-likeness (QED) is 0.903. The van der Waals surface area contributed by atoms with Crippen LogP contribution in [-0.4, -0.2) is 27.1 Å². The first-order chi connectivity index (χ1) is 11.4. The van der Waals surface area contributed by atoms with Crippen LogP contribution in [-0.2, 0) is 10.0 Å². The topological polar surface area (TPSA) is 90.3 Å². The van der Waals surface area contributed by atoms with Crippen molar-refractivity contribution in [2.24, 2.45) is 0 Å². The van der Waals surface area contributed by atoms with E-state index in [0.717, 1.165) is 0 Å². The Morgan fingerprint density at radius 2 is 1.88 bits per heavy atom. The molecule has 0 aliphatic carbocycles. The minimum Gasteiger partial charge on any atom is -0.322 e. The molecule has 0 atom stereocenters. The predicted octanol–water partition coefficient (Wildman–Crippen LogP) is 2.60. The molecule has 24 heavy (non-hydrogen) atoms. The Hall–Kier alpha value is -2.85. The molecule has 0 aromatic heterocycles. The average Bonchev–Trinajstić information content (AvgIpc) is 2.61. The van der Waals surface area contributed by atoms with E-state index in [0.29, 0.717) is 22.5 Å². The second kappa shape index (κ2) is 7.15. The Kier molecular flexibility index (Phi) is 5.21. The lowest BCUT2D eigenvalue weighted by molar-refractivity contribution is 0.102. The van der Waals surface area contributed by atoms with Gasteiger partial charge in [0, 0.05) is 18.3 Å². The molecule has 0 bridgehead atoms. The monoisotopic (exact) mass is 343 g/mol. The first-order valence-electron chi connectivity index (χ1n) is 7.25. The molecule has 124 valence electrons. The fourth-order valence-electron chi connectivity index (χ4n) is 2.05. The molecule has 0 radical (unpaired) electrons. The molecule has 0 heterocycles. The van der Waals surface area contributed by atoms with E-state index in [-0.39, 0.29) is 11.7 Å². The largest absolute Gasteiger partial charge is 0.322 e. The highest BCUT2D eigenvalue weighted by Gasteiger charge is 2.16. The highest BCUT2D eigenvalue weighted by molar-refractivity contribution is 7.92. The Bertz CT molecular complexity index is 884. The van der Waals surface area contributed by atoms with Gasteiger partial charge >= 0.3 is 0 Å². The maximum Gasteiger partial charge on any atom is 0.255 e. The van der Waals surface area contributed by atoms with E-state index in [9.17, 15) is 13.2 Å². The molecule has 1 amide bonds. The van der Waals surface area contributed by atoms with Crippen molar-refractivity contribution in [2.75, 3.05) is 22.4 Å². The number of benzene rings is 2. The first kappa shape index (κ1) is 17.5. The zero-order chi connectivity index (χ0) is 17.7. The Labute approximate surface area is 141 Å². The molecule has 0 spiro atoms. The van der Waals surface area contributed by atoms with Crippen LogP contribution in [0.3, 0.4) is 0 Å². The van der Waals surface area contributed by atoms with Gasteiger partial charge in [0.05, 0.1) is 23.1 Å². The Balaban J connectivity index is 2.15. The van der Waals surface area contributed by atoms with Gasteiger partial charge < -0.3 is 5.32 Å². The molecule has 0 saturated carbocycles. The van der Waals surface area contributed by atoms with Crippen molar-refractivity contribution in [2.45, 2.75) is 6.92 Å². The first-order valence-corrected chi connectivity index (χ1v) is 8.86. The van der Waals surface area contributed by atoms with Gasteiger partial charge in [0.25, 0.3) is 5.91 Å². The van der Waals surface area contributed by atoms with Gasteiger partial charge in [-0.15, -0.1) is 0 Å². The fourth-order valence-corrected chi connectivity index (χ4v) is 2.88. The van der Waals surface area contributed by atoms with Crippen LogP contribution < -0.4 is 9.62 Å². The fraction of sp³-hybridized carbons (Fsp3) is 0.176. The molecule has 7 heteroatoms. The smallest absolute Gasteiger partial charge is 0.255 e. The van der Waals surface area contributed by atoms with Crippen molar-refractivity contribution >= 4 is 27.3 Å². The number of rotatable bonds is 5. The number of carbonyl (C=O) groups is 1. The maximum atomic E-state index is 12.2. The Morgan fingerprint density at radius 1 is 1.21 bits per heavy atom. The van der Waals surface area contributed by atoms with E-state index < -0.39 is 10.0 Å². The van der Waals surface area contributed by atoms with E-state index in [4.69, 9.17) is 5.26 Å². The highest BCUT2D eigenvalue weighted by Crippen LogP contribution is 2.18. The van der Waals surface area contributed by atoms with Gasteiger partial charge in [-0.05, 0) is 49.4 Å². The van der Waals surface area contributed by atoms with Crippen LogP contribution in [0, 0.1) is 11.3 Å². The van der Waals surface area contributed by atoms with Crippen molar-refractivity contribution in [1.82, 2.24) is 0 Å². The molecular weight excluding hydrogens is 326 g/mol. The standard InChI is InChI=1S/C17H17N3O3S/c1-3-24(22,23)20(2)16-9-7-14(8-10-16)17(21)19-15-6-4-5-13(11-15)12-18/h4-11H,3H2,1-2H3,(H,19,21). The molecule has 2 aromatic rings. The minimum atomic E-state index is -3.34. The third-order valence-electron chi connectivity index (χ3n) is 3.52. The van der Waals surface area contributed by atoms with Crippen LogP contribution in [0.25, 0.3) is 0 Å². The van der Waals surface area contributed by atoms with Crippen molar-refractivity contribution < 1.29 is 13.2 Å². The number of nitrogens with one attached hydrogen (secondary N) is 1. The van der Waals surface area contributed by atoms with Gasteiger partial charge in [0.2, 0.25) is 10.0 Å². The average molecular weight is 343 g/mol.